The van der Waals surface area contributed by atoms with Gasteiger partial charge in [0, 0.05) is 0 Å². The number of benzene rings is 1. The Balaban J connectivity index is 2.24. The van der Waals surface area contributed by atoms with Gasteiger partial charge in [0.1, 0.15) is 5.75 Å². The Labute approximate surface area is 96.9 Å². The fourth-order valence-electron chi connectivity index (χ4n) is 2.82. The van der Waals surface area contributed by atoms with Crippen molar-refractivity contribution in [1.29, 1.82) is 0 Å². The van der Waals surface area contributed by atoms with E-state index in [0.29, 0.717) is 5.75 Å². The second kappa shape index (κ2) is 4.46. The highest BCUT2D eigenvalue weighted by Gasteiger charge is 2.34. The Bertz CT molecular complexity index is 334. The van der Waals surface area contributed by atoms with Crippen LogP contribution in [0.3, 0.4) is 0 Å². The van der Waals surface area contributed by atoms with Crippen LogP contribution in [0, 0.1) is 0 Å². The van der Waals surface area contributed by atoms with Crippen LogP contribution in [0.2, 0.25) is 0 Å². The molecule has 2 rings (SSSR count). The van der Waals surface area contributed by atoms with Crippen LogP contribution in [-0.2, 0) is 5.41 Å². The van der Waals surface area contributed by atoms with Gasteiger partial charge in [0.25, 0.3) is 0 Å². The van der Waals surface area contributed by atoms with Gasteiger partial charge in [0.15, 0.2) is 0 Å². The molecule has 0 heterocycles. The van der Waals surface area contributed by atoms with E-state index in [2.05, 4.69) is 6.92 Å². The lowest BCUT2D eigenvalue weighted by atomic mass is 9.67. The first-order chi connectivity index (χ1) is 7.66. The molecule has 0 unspecified atom stereocenters. The lowest BCUT2D eigenvalue weighted by Gasteiger charge is -2.39. The minimum Gasteiger partial charge on any atom is -0.508 e. The van der Waals surface area contributed by atoms with E-state index in [0.717, 1.165) is 32.1 Å². The van der Waals surface area contributed by atoms with E-state index < -0.39 is 0 Å². The van der Waals surface area contributed by atoms with Crippen molar-refractivity contribution < 1.29 is 10.2 Å². The van der Waals surface area contributed by atoms with Gasteiger partial charge in [-0.2, -0.15) is 0 Å². The van der Waals surface area contributed by atoms with E-state index in [1.807, 2.05) is 12.1 Å². The summed E-state index contributed by atoms with van der Waals surface area (Å²) in [6, 6.07) is 7.57. The summed E-state index contributed by atoms with van der Waals surface area (Å²) in [4.78, 5) is 0. The molecule has 0 spiro atoms. The van der Waals surface area contributed by atoms with Gasteiger partial charge in [-0.25, -0.2) is 0 Å². The molecule has 0 bridgehead atoms. The van der Waals surface area contributed by atoms with Crippen LogP contribution in [0.25, 0.3) is 0 Å². The van der Waals surface area contributed by atoms with Crippen LogP contribution in [0.1, 0.15) is 44.6 Å². The lowest BCUT2D eigenvalue weighted by Crippen LogP contribution is -2.32. The predicted molar refractivity (Wildman–Crippen MR) is 64.6 cm³/mol. The van der Waals surface area contributed by atoms with Crippen LogP contribution in [-0.4, -0.2) is 16.3 Å². The van der Waals surface area contributed by atoms with Crippen molar-refractivity contribution in [1.82, 2.24) is 0 Å². The molecule has 0 aliphatic heterocycles. The molecule has 2 nitrogen and oxygen atoms in total. The standard InChI is InChI=1S/C14H20O2/c1-2-14(9-7-13(16)8-10-14)11-3-5-12(15)6-4-11/h3-6,13,15-16H,2,7-10H2,1H3. The third-order valence-electron chi connectivity index (χ3n) is 4.07. The smallest absolute Gasteiger partial charge is 0.115 e. The second-order valence-electron chi connectivity index (χ2n) is 4.91. The van der Waals surface area contributed by atoms with Crippen molar-refractivity contribution in [3.63, 3.8) is 0 Å². The molecule has 2 N–H and O–H groups in total. The first-order valence-electron chi connectivity index (χ1n) is 6.14. The number of phenolic OH excluding ortho intramolecular Hbond substituents is 1. The summed E-state index contributed by atoms with van der Waals surface area (Å²) in [6.45, 7) is 2.21. The SMILES string of the molecule is CCC1(c2ccc(O)cc2)CCC(O)CC1. The molecule has 0 atom stereocenters. The average molecular weight is 220 g/mol. The van der Waals surface area contributed by atoms with Gasteiger partial charge in [-0.05, 0) is 55.2 Å². The van der Waals surface area contributed by atoms with E-state index in [4.69, 9.17) is 0 Å². The summed E-state index contributed by atoms with van der Waals surface area (Å²) >= 11 is 0. The highest BCUT2D eigenvalue weighted by atomic mass is 16.3. The monoisotopic (exact) mass is 220 g/mol. The highest BCUT2D eigenvalue weighted by Crippen LogP contribution is 2.42. The first-order valence-corrected chi connectivity index (χ1v) is 6.14. The quantitative estimate of drug-likeness (QED) is 0.804. The molecule has 1 aromatic carbocycles. The molecule has 88 valence electrons. The highest BCUT2D eigenvalue weighted by molar-refractivity contribution is 5.32. The van der Waals surface area contributed by atoms with Crippen molar-refractivity contribution in [2.45, 2.75) is 50.5 Å². The summed E-state index contributed by atoms with van der Waals surface area (Å²) in [5, 5.41) is 18.9. The van der Waals surface area contributed by atoms with E-state index in [1.165, 1.54) is 5.56 Å². The molecule has 1 aliphatic carbocycles. The Hall–Kier alpha value is -1.02. The minimum atomic E-state index is -0.114. The topological polar surface area (TPSA) is 40.5 Å². The Morgan fingerprint density at radius 1 is 1.19 bits per heavy atom. The normalized spacial score (nSPS) is 30.2. The maximum absolute atomic E-state index is 9.59. The van der Waals surface area contributed by atoms with Crippen LogP contribution in [0.4, 0.5) is 0 Å². The number of hydrogen-bond donors (Lipinski definition) is 2. The van der Waals surface area contributed by atoms with Crippen molar-refractivity contribution >= 4 is 0 Å². The first kappa shape index (κ1) is 11.5. The molecule has 0 amide bonds. The molecule has 1 aromatic rings. The fourth-order valence-corrected chi connectivity index (χ4v) is 2.82. The number of aromatic hydroxyl groups is 1. The van der Waals surface area contributed by atoms with E-state index in [9.17, 15) is 10.2 Å². The van der Waals surface area contributed by atoms with Crippen LogP contribution < -0.4 is 0 Å². The summed E-state index contributed by atoms with van der Waals surface area (Å²) in [5.41, 5.74) is 1.52. The Morgan fingerprint density at radius 2 is 1.75 bits per heavy atom. The third kappa shape index (κ3) is 2.07. The number of aliphatic hydroxyl groups is 1. The molecular weight excluding hydrogens is 200 g/mol. The fraction of sp³-hybridized carbons (Fsp3) is 0.571. The van der Waals surface area contributed by atoms with Crippen molar-refractivity contribution in [2.75, 3.05) is 0 Å². The summed E-state index contributed by atoms with van der Waals surface area (Å²) < 4.78 is 0. The van der Waals surface area contributed by atoms with Gasteiger partial charge in [0.05, 0.1) is 6.10 Å². The molecule has 0 saturated heterocycles. The van der Waals surface area contributed by atoms with Crippen LogP contribution in [0.5, 0.6) is 5.75 Å². The zero-order chi connectivity index (χ0) is 11.6. The molecule has 0 aromatic heterocycles. The van der Waals surface area contributed by atoms with Crippen LogP contribution in [0.15, 0.2) is 24.3 Å². The number of rotatable bonds is 2. The minimum absolute atomic E-state index is 0.114. The zero-order valence-electron chi connectivity index (χ0n) is 9.82. The maximum Gasteiger partial charge on any atom is 0.115 e. The van der Waals surface area contributed by atoms with Crippen molar-refractivity contribution in [2.24, 2.45) is 0 Å². The third-order valence-corrected chi connectivity index (χ3v) is 4.07. The average Bonchev–Trinajstić information content (AvgIpc) is 2.32. The summed E-state index contributed by atoms with van der Waals surface area (Å²) in [5.74, 6) is 0.325. The van der Waals surface area contributed by atoms with Gasteiger partial charge < -0.3 is 10.2 Å². The molecule has 0 radical (unpaired) electrons. The van der Waals surface area contributed by atoms with Gasteiger partial charge in [-0.3, -0.25) is 0 Å². The van der Waals surface area contributed by atoms with Crippen molar-refractivity contribution in [3.05, 3.63) is 29.8 Å². The largest absolute Gasteiger partial charge is 0.508 e. The molecule has 16 heavy (non-hydrogen) atoms. The summed E-state index contributed by atoms with van der Waals surface area (Å²) in [6.07, 6.45) is 4.88. The summed E-state index contributed by atoms with van der Waals surface area (Å²) in [7, 11) is 0. The number of aliphatic hydroxyl groups excluding tert-OH is 1. The Kier molecular flexibility index (Phi) is 3.20. The zero-order valence-corrected chi connectivity index (χ0v) is 9.82. The van der Waals surface area contributed by atoms with Crippen molar-refractivity contribution in [3.8, 4) is 5.75 Å². The predicted octanol–water partition coefficient (Wildman–Crippen LogP) is 2.97. The number of phenols is 1. The Morgan fingerprint density at radius 3 is 2.25 bits per heavy atom. The molecule has 1 saturated carbocycles. The molecular formula is C14H20O2. The maximum atomic E-state index is 9.59. The molecule has 1 fully saturated rings. The van der Waals surface area contributed by atoms with Gasteiger partial charge in [-0.1, -0.05) is 19.1 Å². The van der Waals surface area contributed by atoms with E-state index in [-0.39, 0.29) is 11.5 Å². The van der Waals surface area contributed by atoms with Crippen LogP contribution >= 0.6 is 0 Å². The van der Waals surface area contributed by atoms with E-state index in [1.54, 1.807) is 12.1 Å². The van der Waals surface area contributed by atoms with Gasteiger partial charge in [-0.15, -0.1) is 0 Å². The van der Waals surface area contributed by atoms with E-state index >= 15 is 0 Å². The van der Waals surface area contributed by atoms with Gasteiger partial charge in [0.2, 0.25) is 0 Å². The lowest BCUT2D eigenvalue weighted by molar-refractivity contribution is 0.0936. The molecule has 2 heteroatoms. The molecule has 1 aliphatic rings. The number of hydrogen-bond acceptors (Lipinski definition) is 2. The van der Waals surface area contributed by atoms with Gasteiger partial charge >= 0.3 is 0 Å². The second-order valence-corrected chi connectivity index (χ2v) is 4.91.